The van der Waals surface area contributed by atoms with Crippen LogP contribution in [-0.2, 0) is 0 Å². The van der Waals surface area contributed by atoms with E-state index >= 15 is 0 Å². The number of rotatable bonds is 6. The van der Waals surface area contributed by atoms with Crippen LogP contribution in [0.5, 0.6) is 0 Å². The Bertz CT molecular complexity index is 513. The first kappa shape index (κ1) is 19.6. The number of likely N-dealkylation sites (tertiary alicyclic amines) is 1. The van der Waals surface area contributed by atoms with E-state index in [0.29, 0.717) is 12.0 Å². The lowest BCUT2D eigenvalue weighted by Crippen LogP contribution is -2.47. The van der Waals surface area contributed by atoms with Crippen molar-refractivity contribution in [2.24, 2.45) is 10.9 Å². The highest BCUT2D eigenvalue weighted by Gasteiger charge is 2.31. The summed E-state index contributed by atoms with van der Waals surface area (Å²) in [6.07, 6.45) is 4.70. The molecular formula is C18H32N4S2. The number of piperidine rings is 1. The monoisotopic (exact) mass is 368 g/mol. The molecule has 1 aliphatic heterocycles. The van der Waals surface area contributed by atoms with Crippen LogP contribution in [0.15, 0.2) is 22.5 Å². The average Bonchev–Trinajstić information content (AvgIpc) is 3.09. The summed E-state index contributed by atoms with van der Waals surface area (Å²) in [5.41, 5.74) is 0. The molecule has 0 saturated carbocycles. The molecule has 136 valence electrons. The van der Waals surface area contributed by atoms with Gasteiger partial charge in [-0.2, -0.15) is 11.8 Å². The summed E-state index contributed by atoms with van der Waals surface area (Å²) in [6, 6.07) is 4.96. The Morgan fingerprint density at radius 2 is 2.25 bits per heavy atom. The van der Waals surface area contributed by atoms with Gasteiger partial charge in [-0.1, -0.05) is 6.07 Å². The van der Waals surface area contributed by atoms with Crippen molar-refractivity contribution >= 4 is 29.1 Å². The minimum absolute atomic E-state index is 0.210. The van der Waals surface area contributed by atoms with Gasteiger partial charge in [-0.3, -0.25) is 9.89 Å². The Balaban J connectivity index is 1.93. The Morgan fingerprint density at radius 3 is 2.88 bits per heavy atom. The number of hydrogen-bond donors (Lipinski definition) is 2. The smallest absolute Gasteiger partial charge is 0.191 e. The zero-order valence-corrected chi connectivity index (χ0v) is 17.3. The van der Waals surface area contributed by atoms with Gasteiger partial charge in [-0.25, -0.2) is 0 Å². The van der Waals surface area contributed by atoms with Gasteiger partial charge in [-0.05, 0) is 63.9 Å². The topological polar surface area (TPSA) is 39.7 Å². The van der Waals surface area contributed by atoms with Crippen molar-refractivity contribution in [2.75, 3.05) is 40.0 Å². The molecule has 1 fully saturated rings. The van der Waals surface area contributed by atoms with E-state index in [0.717, 1.165) is 19.0 Å². The molecule has 2 N–H and O–H groups in total. The summed E-state index contributed by atoms with van der Waals surface area (Å²) >= 11 is 3.75. The van der Waals surface area contributed by atoms with E-state index in [1.54, 1.807) is 0 Å². The van der Waals surface area contributed by atoms with Crippen LogP contribution >= 0.6 is 23.1 Å². The average molecular weight is 369 g/mol. The number of thiophene rings is 1. The standard InChI is InChI=1S/C18H32N4S2/c1-18(2,23-5)13-21-17(19-3)20-12-14-8-6-10-22(4)16(14)15-9-7-11-24-15/h7,9,11,14,16H,6,8,10,12-13H2,1-5H3,(H2,19,20,21). The molecule has 0 bridgehead atoms. The van der Waals surface area contributed by atoms with Crippen LogP contribution in [0.4, 0.5) is 0 Å². The molecule has 1 aliphatic rings. The van der Waals surface area contributed by atoms with Crippen molar-refractivity contribution in [3.63, 3.8) is 0 Å². The molecule has 2 rings (SSSR count). The van der Waals surface area contributed by atoms with Crippen molar-refractivity contribution in [1.82, 2.24) is 15.5 Å². The molecule has 2 heterocycles. The van der Waals surface area contributed by atoms with Crippen LogP contribution in [0, 0.1) is 5.92 Å². The highest BCUT2D eigenvalue weighted by atomic mass is 32.2. The highest BCUT2D eigenvalue weighted by Crippen LogP contribution is 2.36. The maximum Gasteiger partial charge on any atom is 0.191 e. The summed E-state index contributed by atoms with van der Waals surface area (Å²) < 4.78 is 0.210. The SMILES string of the molecule is CN=C(NCC1CCCN(C)C1c1cccs1)NCC(C)(C)SC. The fraction of sp³-hybridized carbons (Fsp3) is 0.722. The van der Waals surface area contributed by atoms with Crippen molar-refractivity contribution < 1.29 is 0 Å². The molecule has 1 saturated heterocycles. The predicted molar refractivity (Wildman–Crippen MR) is 109 cm³/mol. The molecule has 0 aliphatic carbocycles. The zero-order chi connectivity index (χ0) is 17.6. The first-order valence-corrected chi connectivity index (χ1v) is 10.8. The Hall–Kier alpha value is -0.720. The maximum atomic E-state index is 4.39. The van der Waals surface area contributed by atoms with Gasteiger partial charge in [0.25, 0.3) is 0 Å². The van der Waals surface area contributed by atoms with Crippen LogP contribution in [0.3, 0.4) is 0 Å². The number of nitrogens with zero attached hydrogens (tertiary/aromatic N) is 2. The molecule has 2 atom stereocenters. The Kier molecular flexibility index (Phi) is 7.44. The first-order valence-electron chi connectivity index (χ1n) is 8.70. The van der Waals surface area contributed by atoms with E-state index in [1.165, 1.54) is 24.3 Å². The van der Waals surface area contributed by atoms with Crippen LogP contribution in [0.1, 0.15) is 37.6 Å². The highest BCUT2D eigenvalue weighted by molar-refractivity contribution is 7.99. The lowest BCUT2D eigenvalue weighted by atomic mass is 9.88. The molecule has 0 spiro atoms. The second-order valence-corrected chi connectivity index (χ2v) is 9.61. The minimum Gasteiger partial charge on any atom is -0.356 e. The van der Waals surface area contributed by atoms with E-state index < -0.39 is 0 Å². The maximum absolute atomic E-state index is 4.39. The summed E-state index contributed by atoms with van der Waals surface area (Å²) in [4.78, 5) is 8.38. The van der Waals surface area contributed by atoms with Gasteiger partial charge in [0.15, 0.2) is 5.96 Å². The van der Waals surface area contributed by atoms with E-state index in [2.05, 4.69) is 65.2 Å². The van der Waals surface area contributed by atoms with Gasteiger partial charge in [-0.15, -0.1) is 11.3 Å². The third-order valence-corrected chi connectivity index (χ3v) is 7.02. The minimum atomic E-state index is 0.210. The van der Waals surface area contributed by atoms with Crippen molar-refractivity contribution in [3.8, 4) is 0 Å². The van der Waals surface area contributed by atoms with Crippen molar-refractivity contribution in [2.45, 2.75) is 37.5 Å². The van der Waals surface area contributed by atoms with Crippen molar-refractivity contribution in [1.29, 1.82) is 0 Å². The second kappa shape index (κ2) is 9.11. The van der Waals surface area contributed by atoms with Gasteiger partial charge < -0.3 is 10.6 Å². The Labute approximate surface area is 155 Å². The molecule has 0 amide bonds. The van der Waals surface area contributed by atoms with Gasteiger partial charge in [0, 0.05) is 35.8 Å². The third-order valence-electron chi connectivity index (χ3n) is 4.83. The number of guanidine groups is 1. The normalized spacial score (nSPS) is 23.3. The van der Waals surface area contributed by atoms with E-state index in [1.807, 2.05) is 30.1 Å². The third kappa shape index (κ3) is 5.39. The van der Waals surface area contributed by atoms with Gasteiger partial charge >= 0.3 is 0 Å². The molecule has 0 aromatic carbocycles. The molecule has 1 aromatic rings. The largest absolute Gasteiger partial charge is 0.356 e. The fourth-order valence-corrected chi connectivity index (χ4v) is 4.40. The second-order valence-electron chi connectivity index (χ2n) is 7.11. The number of thioether (sulfide) groups is 1. The molecule has 24 heavy (non-hydrogen) atoms. The van der Waals surface area contributed by atoms with Gasteiger partial charge in [0.2, 0.25) is 0 Å². The number of hydrogen-bond acceptors (Lipinski definition) is 4. The van der Waals surface area contributed by atoms with E-state index in [4.69, 9.17) is 0 Å². The Morgan fingerprint density at radius 1 is 1.46 bits per heavy atom. The van der Waals surface area contributed by atoms with Crippen molar-refractivity contribution in [3.05, 3.63) is 22.4 Å². The summed E-state index contributed by atoms with van der Waals surface area (Å²) in [7, 11) is 4.11. The molecule has 4 nitrogen and oxygen atoms in total. The molecule has 0 radical (unpaired) electrons. The van der Waals surface area contributed by atoms with Crippen LogP contribution in [0.2, 0.25) is 0 Å². The number of aliphatic imine (C=N–C) groups is 1. The van der Waals surface area contributed by atoms with E-state index in [-0.39, 0.29) is 4.75 Å². The summed E-state index contributed by atoms with van der Waals surface area (Å²) in [5.74, 6) is 1.53. The summed E-state index contributed by atoms with van der Waals surface area (Å²) in [5, 5.41) is 9.21. The lowest BCUT2D eigenvalue weighted by molar-refractivity contribution is 0.125. The predicted octanol–water partition coefficient (Wildman–Crippen LogP) is 3.44. The first-order chi connectivity index (χ1) is 11.5. The van der Waals surface area contributed by atoms with Gasteiger partial charge in [0.05, 0.1) is 0 Å². The molecular weight excluding hydrogens is 336 g/mol. The van der Waals surface area contributed by atoms with Crippen LogP contribution in [-0.4, -0.2) is 55.6 Å². The molecule has 1 aromatic heterocycles. The zero-order valence-electron chi connectivity index (χ0n) is 15.6. The van der Waals surface area contributed by atoms with E-state index in [9.17, 15) is 0 Å². The molecule has 6 heteroatoms. The van der Waals surface area contributed by atoms with Crippen LogP contribution in [0.25, 0.3) is 0 Å². The quantitative estimate of drug-likeness (QED) is 0.596. The number of nitrogens with one attached hydrogen (secondary N) is 2. The van der Waals surface area contributed by atoms with Gasteiger partial charge in [0.1, 0.15) is 0 Å². The fourth-order valence-electron chi connectivity index (χ4n) is 3.20. The lowest BCUT2D eigenvalue weighted by Gasteiger charge is -2.39. The molecule has 2 unspecified atom stereocenters. The summed E-state index contributed by atoms with van der Waals surface area (Å²) in [6.45, 7) is 7.56. The van der Waals surface area contributed by atoms with Crippen LogP contribution < -0.4 is 10.6 Å².